The fourth-order valence-electron chi connectivity index (χ4n) is 3.31. The lowest BCUT2D eigenvalue weighted by Crippen LogP contribution is -2.46. The SMILES string of the molecule is CN=C(NCc1nc(C(C)C)cs1)NCC(c1cccc(F)c1)N1CCOCC1.I. The topological polar surface area (TPSA) is 61.8 Å². The summed E-state index contributed by atoms with van der Waals surface area (Å²) in [5, 5.41) is 9.87. The zero-order valence-corrected chi connectivity index (χ0v) is 20.9. The maximum atomic E-state index is 13.8. The van der Waals surface area contributed by atoms with Crippen LogP contribution in [0.5, 0.6) is 0 Å². The number of benzene rings is 1. The molecule has 2 heterocycles. The number of hydrogen-bond acceptors (Lipinski definition) is 5. The molecule has 0 aliphatic carbocycles. The molecule has 1 saturated heterocycles. The molecule has 1 unspecified atom stereocenters. The summed E-state index contributed by atoms with van der Waals surface area (Å²) in [6.07, 6.45) is 0. The number of hydrogen-bond donors (Lipinski definition) is 2. The molecule has 3 rings (SSSR count). The lowest BCUT2D eigenvalue weighted by Gasteiger charge is -2.35. The first kappa shape index (κ1) is 25.0. The second kappa shape index (κ2) is 12.5. The first-order valence-electron chi connectivity index (χ1n) is 10.0. The van der Waals surface area contributed by atoms with Gasteiger partial charge < -0.3 is 15.4 Å². The van der Waals surface area contributed by atoms with Crippen LogP contribution in [-0.4, -0.2) is 55.7 Å². The Bertz CT molecular complexity index is 810. The molecule has 9 heteroatoms. The van der Waals surface area contributed by atoms with Crippen LogP contribution in [0.15, 0.2) is 34.6 Å². The van der Waals surface area contributed by atoms with E-state index in [1.54, 1.807) is 30.5 Å². The van der Waals surface area contributed by atoms with E-state index in [-0.39, 0.29) is 35.8 Å². The average Bonchev–Trinajstić information content (AvgIpc) is 3.21. The number of ether oxygens (including phenoxy) is 1. The Morgan fingerprint density at radius 3 is 2.70 bits per heavy atom. The van der Waals surface area contributed by atoms with Crippen LogP contribution in [0.25, 0.3) is 0 Å². The Labute approximate surface area is 199 Å². The molecule has 0 amide bonds. The van der Waals surface area contributed by atoms with E-state index >= 15 is 0 Å². The van der Waals surface area contributed by atoms with Gasteiger partial charge in [0.05, 0.1) is 31.5 Å². The molecule has 2 N–H and O–H groups in total. The molecule has 1 aliphatic heterocycles. The van der Waals surface area contributed by atoms with Gasteiger partial charge in [0.25, 0.3) is 0 Å². The van der Waals surface area contributed by atoms with Gasteiger partial charge in [-0.3, -0.25) is 9.89 Å². The van der Waals surface area contributed by atoms with Gasteiger partial charge in [0.1, 0.15) is 10.8 Å². The minimum atomic E-state index is -0.215. The van der Waals surface area contributed by atoms with Gasteiger partial charge in [-0.05, 0) is 23.6 Å². The summed E-state index contributed by atoms with van der Waals surface area (Å²) in [5.41, 5.74) is 2.07. The normalized spacial score (nSPS) is 16.2. The van der Waals surface area contributed by atoms with Crippen molar-refractivity contribution in [1.82, 2.24) is 20.5 Å². The molecule has 0 spiro atoms. The lowest BCUT2D eigenvalue weighted by molar-refractivity contribution is 0.0169. The third-order valence-electron chi connectivity index (χ3n) is 4.97. The molecule has 30 heavy (non-hydrogen) atoms. The standard InChI is InChI=1S/C21H30FN5OS.HI/c1-15(2)18-14-29-20(26-18)13-25-21(23-3)24-12-19(27-7-9-28-10-8-27)16-5-4-6-17(22)11-16;/h4-6,11,14-15,19H,7-10,12-13H2,1-3H3,(H2,23,24,25);1H. The monoisotopic (exact) mass is 547 g/mol. The second-order valence-corrected chi connectivity index (χ2v) is 8.29. The molecule has 1 aromatic heterocycles. The summed E-state index contributed by atoms with van der Waals surface area (Å²) in [4.78, 5) is 11.3. The van der Waals surface area contributed by atoms with Crippen LogP contribution in [0.1, 0.15) is 42.1 Å². The lowest BCUT2D eigenvalue weighted by atomic mass is 10.0. The highest BCUT2D eigenvalue weighted by Crippen LogP contribution is 2.22. The number of guanidine groups is 1. The van der Waals surface area contributed by atoms with E-state index in [9.17, 15) is 4.39 Å². The number of aliphatic imine (C=N–C) groups is 1. The van der Waals surface area contributed by atoms with Crippen LogP contribution in [-0.2, 0) is 11.3 Å². The van der Waals surface area contributed by atoms with Gasteiger partial charge in [-0.2, -0.15) is 0 Å². The predicted octanol–water partition coefficient (Wildman–Crippen LogP) is 3.76. The van der Waals surface area contributed by atoms with E-state index in [0.717, 1.165) is 29.4 Å². The zero-order valence-electron chi connectivity index (χ0n) is 17.7. The minimum Gasteiger partial charge on any atom is -0.379 e. The van der Waals surface area contributed by atoms with Gasteiger partial charge in [0.2, 0.25) is 0 Å². The van der Waals surface area contributed by atoms with Crippen LogP contribution in [0.3, 0.4) is 0 Å². The van der Waals surface area contributed by atoms with Crippen LogP contribution < -0.4 is 10.6 Å². The fraction of sp³-hybridized carbons (Fsp3) is 0.524. The smallest absolute Gasteiger partial charge is 0.191 e. The number of aromatic nitrogens is 1. The number of halogens is 2. The second-order valence-electron chi connectivity index (χ2n) is 7.35. The predicted molar refractivity (Wildman–Crippen MR) is 131 cm³/mol. The maximum absolute atomic E-state index is 13.8. The third-order valence-corrected chi connectivity index (χ3v) is 5.84. The van der Waals surface area contributed by atoms with Crippen molar-refractivity contribution in [3.63, 3.8) is 0 Å². The van der Waals surface area contributed by atoms with Crippen molar-refractivity contribution >= 4 is 41.3 Å². The van der Waals surface area contributed by atoms with Crippen LogP contribution >= 0.6 is 35.3 Å². The summed E-state index contributed by atoms with van der Waals surface area (Å²) in [6.45, 7) is 8.58. The van der Waals surface area contributed by atoms with Crippen LogP contribution in [0, 0.1) is 5.82 Å². The van der Waals surface area contributed by atoms with Crippen molar-refractivity contribution in [2.24, 2.45) is 4.99 Å². The number of morpholine rings is 1. The molecular formula is C21H31FIN5OS. The van der Waals surface area contributed by atoms with E-state index < -0.39 is 0 Å². The molecule has 1 atom stereocenters. The van der Waals surface area contributed by atoms with Gasteiger partial charge in [0, 0.05) is 32.1 Å². The van der Waals surface area contributed by atoms with Crippen molar-refractivity contribution < 1.29 is 9.13 Å². The Morgan fingerprint density at radius 1 is 1.30 bits per heavy atom. The highest BCUT2D eigenvalue weighted by molar-refractivity contribution is 14.0. The molecule has 1 fully saturated rings. The van der Waals surface area contributed by atoms with Crippen molar-refractivity contribution in [3.8, 4) is 0 Å². The molecule has 0 saturated carbocycles. The van der Waals surface area contributed by atoms with Gasteiger partial charge in [0.15, 0.2) is 5.96 Å². The third kappa shape index (κ3) is 7.14. The fourth-order valence-corrected chi connectivity index (χ4v) is 4.20. The van der Waals surface area contributed by atoms with E-state index in [4.69, 9.17) is 4.74 Å². The Balaban J connectivity index is 0.00000320. The summed E-state index contributed by atoms with van der Waals surface area (Å²) >= 11 is 1.66. The first-order chi connectivity index (χ1) is 14.1. The molecule has 6 nitrogen and oxygen atoms in total. The zero-order chi connectivity index (χ0) is 20.6. The van der Waals surface area contributed by atoms with Gasteiger partial charge in [-0.25, -0.2) is 9.37 Å². The maximum Gasteiger partial charge on any atom is 0.191 e. The Hall–Kier alpha value is -1.30. The van der Waals surface area contributed by atoms with E-state index in [1.165, 1.54) is 6.07 Å². The van der Waals surface area contributed by atoms with Crippen molar-refractivity contribution in [2.45, 2.75) is 32.4 Å². The Kier molecular flexibility index (Phi) is 10.4. The van der Waals surface area contributed by atoms with E-state index in [1.807, 2.05) is 6.07 Å². The Morgan fingerprint density at radius 2 is 2.07 bits per heavy atom. The largest absolute Gasteiger partial charge is 0.379 e. The summed E-state index contributed by atoms with van der Waals surface area (Å²) < 4.78 is 19.3. The van der Waals surface area contributed by atoms with E-state index in [0.29, 0.717) is 38.2 Å². The average molecular weight is 547 g/mol. The molecule has 2 aromatic rings. The number of nitrogens with one attached hydrogen (secondary N) is 2. The number of rotatable bonds is 7. The quantitative estimate of drug-likeness (QED) is 0.314. The molecule has 0 bridgehead atoms. The minimum absolute atomic E-state index is 0. The van der Waals surface area contributed by atoms with Crippen molar-refractivity contribution in [3.05, 3.63) is 51.7 Å². The molecule has 1 aromatic carbocycles. The molecule has 1 aliphatic rings. The van der Waals surface area contributed by atoms with Gasteiger partial charge >= 0.3 is 0 Å². The van der Waals surface area contributed by atoms with Crippen LogP contribution in [0.4, 0.5) is 4.39 Å². The van der Waals surface area contributed by atoms with E-state index in [2.05, 4.69) is 44.7 Å². The first-order valence-corrected chi connectivity index (χ1v) is 10.9. The summed E-state index contributed by atoms with van der Waals surface area (Å²) in [5.74, 6) is 0.923. The summed E-state index contributed by atoms with van der Waals surface area (Å²) in [6, 6.07) is 6.87. The number of nitrogens with zero attached hydrogens (tertiary/aromatic N) is 3. The highest BCUT2D eigenvalue weighted by atomic mass is 127. The molecule has 166 valence electrons. The number of thiazole rings is 1. The van der Waals surface area contributed by atoms with Crippen molar-refractivity contribution in [1.29, 1.82) is 0 Å². The van der Waals surface area contributed by atoms with Crippen molar-refractivity contribution in [2.75, 3.05) is 39.9 Å². The molecular weight excluding hydrogens is 516 g/mol. The van der Waals surface area contributed by atoms with Gasteiger partial charge in [-0.15, -0.1) is 35.3 Å². The highest BCUT2D eigenvalue weighted by Gasteiger charge is 2.23. The molecule has 0 radical (unpaired) electrons. The van der Waals surface area contributed by atoms with Crippen LogP contribution in [0.2, 0.25) is 0 Å². The summed E-state index contributed by atoms with van der Waals surface area (Å²) in [7, 11) is 1.75. The van der Waals surface area contributed by atoms with Gasteiger partial charge in [-0.1, -0.05) is 26.0 Å².